The van der Waals surface area contributed by atoms with Crippen molar-refractivity contribution in [2.24, 2.45) is 5.10 Å². The molecule has 14 heteroatoms. The fraction of sp³-hybridized carbons (Fsp3) is 0.273. The van der Waals surface area contributed by atoms with Crippen molar-refractivity contribution >= 4 is 65.8 Å². The number of pyridine rings is 1. The molecule has 3 rings (SSSR count). The molecule has 0 unspecified atom stereocenters. The highest BCUT2D eigenvalue weighted by molar-refractivity contribution is 7.79. The van der Waals surface area contributed by atoms with Gasteiger partial charge in [0.2, 0.25) is 6.41 Å². The quantitative estimate of drug-likeness (QED) is 0.116. The van der Waals surface area contributed by atoms with E-state index < -0.39 is 12.6 Å². The summed E-state index contributed by atoms with van der Waals surface area (Å²) in [6.45, 7) is 5.74. The lowest BCUT2D eigenvalue weighted by molar-refractivity contribution is -0.135. The molecule has 0 aliphatic carbocycles. The summed E-state index contributed by atoms with van der Waals surface area (Å²) in [4.78, 5) is 18.3. The van der Waals surface area contributed by atoms with E-state index in [1.165, 1.54) is 18.5 Å². The number of aromatic nitrogens is 4. The van der Waals surface area contributed by atoms with E-state index in [9.17, 15) is 18.0 Å². The van der Waals surface area contributed by atoms with Crippen LogP contribution < -0.4 is 10.7 Å². The molecule has 0 saturated heterocycles. The lowest BCUT2D eigenvalue weighted by atomic mass is 10.0. The summed E-state index contributed by atoms with van der Waals surface area (Å²) in [7, 11) is 0. The summed E-state index contributed by atoms with van der Waals surface area (Å²) in [6, 6.07) is 3.37. The SMILES string of the molecule is C=C(CCCC(F)(F)F)c1cnc2cc(C)nn2c1CS.N=C/C=N\Nc1ncc(NC=O)cc1Cl. The number of carbonyl (C=O) groups excluding carboxylic acids is 1. The number of hydrogen-bond donors (Lipinski definition) is 4. The van der Waals surface area contributed by atoms with Gasteiger partial charge in [-0.25, -0.2) is 14.5 Å². The maximum atomic E-state index is 12.2. The average Bonchev–Trinajstić information content (AvgIpc) is 3.20. The predicted octanol–water partition coefficient (Wildman–Crippen LogP) is 5.56. The number of hydrogen-bond acceptors (Lipinski definition) is 8. The smallest absolute Gasteiger partial charge is 0.327 e. The normalized spacial score (nSPS) is 11.2. The Morgan fingerprint density at radius 3 is 2.69 bits per heavy atom. The molecule has 0 atom stereocenters. The molecule has 9 nitrogen and oxygen atoms in total. The first-order valence-corrected chi connectivity index (χ1v) is 11.4. The summed E-state index contributed by atoms with van der Waals surface area (Å²) in [5.41, 5.74) is 6.72. The van der Waals surface area contributed by atoms with Gasteiger partial charge in [-0.15, -0.1) is 0 Å². The van der Waals surface area contributed by atoms with E-state index in [0.717, 1.165) is 23.2 Å². The molecule has 3 heterocycles. The number of carbonyl (C=O) groups is 1. The van der Waals surface area contributed by atoms with E-state index in [1.54, 1.807) is 10.7 Å². The molecule has 0 fully saturated rings. The van der Waals surface area contributed by atoms with Crippen LogP contribution in [0.4, 0.5) is 24.7 Å². The summed E-state index contributed by atoms with van der Waals surface area (Å²) >= 11 is 10.1. The molecule has 36 heavy (non-hydrogen) atoms. The van der Waals surface area contributed by atoms with Crippen LogP contribution in [-0.4, -0.2) is 44.6 Å². The van der Waals surface area contributed by atoms with E-state index in [-0.39, 0.29) is 12.8 Å². The number of hydrazone groups is 1. The number of thiol groups is 1. The number of nitrogens with one attached hydrogen (secondary N) is 3. The van der Waals surface area contributed by atoms with Gasteiger partial charge in [0.25, 0.3) is 0 Å². The number of allylic oxidation sites excluding steroid dienone is 1. The van der Waals surface area contributed by atoms with Crippen molar-refractivity contribution in [3.63, 3.8) is 0 Å². The van der Waals surface area contributed by atoms with Crippen LogP contribution in [0.1, 0.15) is 36.2 Å². The van der Waals surface area contributed by atoms with Gasteiger partial charge >= 0.3 is 6.18 Å². The van der Waals surface area contributed by atoms with E-state index in [1.807, 2.05) is 13.0 Å². The van der Waals surface area contributed by atoms with E-state index in [0.29, 0.717) is 39.9 Å². The Bertz CT molecular complexity index is 1250. The topological polar surface area (TPSA) is 120 Å². The molecule has 1 amide bonds. The third-order valence-electron chi connectivity index (χ3n) is 4.56. The number of rotatable bonds is 10. The molecular formula is C22H24ClF3N8OS. The number of halogens is 4. The largest absolute Gasteiger partial charge is 0.389 e. The van der Waals surface area contributed by atoms with Gasteiger partial charge in [-0.3, -0.25) is 10.2 Å². The maximum Gasteiger partial charge on any atom is 0.389 e. The van der Waals surface area contributed by atoms with Gasteiger partial charge in [0.15, 0.2) is 11.5 Å². The maximum absolute atomic E-state index is 12.2. The minimum Gasteiger partial charge on any atom is -0.327 e. The van der Waals surface area contributed by atoms with Crippen molar-refractivity contribution in [1.82, 2.24) is 19.6 Å². The number of aryl methyl sites for hydroxylation is 1. The Kier molecular flexibility index (Phi) is 10.9. The number of fused-ring (bicyclic) bond motifs is 1. The molecule has 0 aliphatic heterocycles. The van der Waals surface area contributed by atoms with Crippen LogP contribution >= 0.6 is 24.2 Å². The highest BCUT2D eigenvalue weighted by atomic mass is 35.5. The predicted molar refractivity (Wildman–Crippen MR) is 139 cm³/mol. The van der Waals surface area contributed by atoms with Crippen molar-refractivity contribution in [2.45, 2.75) is 38.1 Å². The van der Waals surface area contributed by atoms with Gasteiger partial charge in [-0.05, 0) is 31.4 Å². The highest BCUT2D eigenvalue weighted by Gasteiger charge is 2.26. The first kappa shape index (κ1) is 28.8. The third-order valence-corrected chi connectivity index (χ3v) is 5.15. The molecule has 0 radical (unpaired) electrons. The molecular weight excluding hydrogens is 517 g/mol. The lowest BCUT2D eigenvalue weighted by Crippen LogP contribution is -2.07. The van der Waals surface area contributed by atoms with Crippen LogP contribution in [0.2, 0.25) is 5.02 Å². The van der Waals surface area contributed by atoms with Crippen molar-refractivity contribution in [1.29, 1.82) is 5.41 Å². The second-order valence-corrected chi connectivity index (χ2v) is 8.00. The second kappa shape index (κ2) is 13.6. The van der Waals surface area contributed by atoms with Gasteiger partial charge in [-0.2, -0.15) is 36.0 Å². The third kappa shape index (κ3) is 8.64. The average molecular weight is 541 g/mol. The zero-order valence-electron chi connectivity index (χ0n) is 19.2. The molecule has 0 spiro atoms. The Morgan fingerprint density at radius 1 is 1.33 bits per heavy atom. The van der Waals surface area contributed by atoms with Crippen LogP contribution in [0.3, 0.4) is 0 Å². The standard InChI is InChI=1S/C14H16F3N3S.C8H8ClN5O/c1-9(4-3-5-14(15,16)17)11-7-18-13-6-10(2)19-20(13)12(11)8-21;9-7-3-6(12-5-15)4-11-8(7)14-13-2-1-10/h6-7,21H,1,3-5,8H2,2H3;1-5,10H,(H,11,14)(H,12,15)/b;10-1?,13-2-. The van der Waals surface area contributed by atoms with Gasteiger partial charge < -0.3 is 10.7 Å². The Labute approximate surface area is 215 Å². The summed E-state index contributed by atoms with van der Waals surface area (Å²) in [6.07, 6.45) is 1.22. The van der Waals surface area contributed by atoms with Crippen LogP contribution in [0.25, 0.3) is 11.2 Å². The van der Waals surface area contributed by atoms with E-state index >= 15 is 0 Å². The summed E-state index contributed by atoms with van der Waals surface area (Å²) in [5.74, 6) is 0.763. The molecule has 192 valence electrons. The molecule has 3 aromatic heterocycles. The summed E-state index contributed by atoms with van der Waals surface area (Å²) in [5, 5.41) is 17.4. The van der Waals surface area contributed by atoms with E-state index in [4.69, 9.17) is 17.0 Å². The van der Waals surface area contributed by atoms with Crippen LogP contribution in [0.5, 0.6) is 0 Å². The fourth-order valence-corrected chi connectivity index (χ4v) is 3.50. The monoisotopic (exact) mass is 540 g/mol. The van der Waals surface area contributed by atoms with Crippen LogP contribution in [-0.2, 0) is 10.5 Å². The molecule has 0 saturated carbocycles. The number of amides is 1. The first-order valence-electron chi connectivity index (χ1n) is 10.4. The highest BCUT2D eigenvalue weighted by Crippen LogP contribution is 2.28. The Morgan fingerprint density at radius 2 is 2.08 bits per heavy atom. The lowest BCUT2D eigenvalue weighted by Gasteiger charge is -2.12. The molecule has 3 N–H and O–H groups in total. The van der Waals surface area contributed by atoms with Gasteiger partial charge in [0, 0.05) is 36.2 Å². The molecule has 3 aromatic rings. The molecule has 0 aromatic carbocycles. The zero-order chi connectivity index (χ0) is 26.7. The van der Waals surface area contributed by atoms with Crippen molar-refractivity contribution in [3.8, 4) is 0 Å². The number of alkyl halides is 3. The minimum absolute atomic E-state index is 0.0184. The second-order valence-electron chi connectivity index (χ2n) is 7.28. The Balaban J connectivity index is 0.000000269. The van der Waals surface area contributed by atoms with Crippen molar-refractivity contribution < 1.29 is 18.0 Å². The number of nitrogens with zero attached hydrogens (tertiary/aromatic N) is 5. The van der Waals surface area contributed by atoms with Gasteiger partial charge in [-0.1, -0.05) is 18.2 Å². The van der Waals surface area contributed by atoms with Crippen LogP contribution in [0.15, 0.2) is 36.2 Å². The molecule has 0 aliphatic rings. The van der Waals surface area contributed by atoms with Crippen LogP contribution in [0, 0.1) is 12.3 Å². The van der Waals surface area contributed by atoms with Gasteiger partial charge in [0.05, 0.1) is 34.5 Å². The van der Waals surface area contributed by atoms with Gasteiger partial charge in [0.1, 0.15) is 0 Å². The Hall–Kier alpha value is -3.45. The van der Waals surface area contributed by atoms with Crippen molar-refractivity contribution in [2.75, 3.05) is 10.7 Å². The minimum atomic E-state index is -4.13. The van der Waals surface area contributed by atoms with Crippen molar-refractivity contribution in [3.05, 3.63) is 53.1 Å². The zero-order valence-corrected chi connectivity index (χ0v) is 20.8. The number of anilines is 2. The fourth-order valence-electron chi connectivity index (χ4n) is 2.98. The van der Waals surface area contributed by atoms with E-state index in [2.05, 4.69) is 50.1 Å². The summed E-state index contributed by atoms with van der Waals surface area (Å²) < 4.78 is 38.3. The molecule has 0 bridgehead atoms. The first-order chi connectivity index (χ1) is 17.1.